The third kappa shape index (κ3) is 3.16. The molecule has 0 bridgehead atoms. The van der Waals surface area contributed by atoms with Gasteiger partial charge in [-0.15, -0.1) is 0 Å². The summed E-state index contributed by atoms with van der Waals surface area (Å²) >= 11 is 0. The number of nitrogens with one attached hydrogen (secondary N) is 1. The smallest absolute Gasteiger partial charge is 0.317 e. The third-order valence-electron chi connectivity index (χ3n) is 5.37. The number of nitrogens with zero attached hydrogens (tertiary/aromatic N) is 3. The number of urea groups is 1. The summed E-state index contributed by atoms with van der Waals surface area (Å²) in [7, 11) is 0. The monoisotopic (exact) mass is 324 g/mol. The highest BCUT2D eigenvalue weighted by molar-refractivity contribution is 5.74. The van der Waals surface area contributed by atoms with Gasteiger partial charge in [-0.3, -0.25) is 0 Å². The standard InChI is InChI=1S/C19H24N4O/c24-19(21-17-6-5-15-3-1-2-4-16(15)13-17)22-10-7-18(8-11-22)23-12-9-20-14-23/h1-4,9,12,14,17-18H,5-8,10-11,13H2,(H,21,24). The van der Waals surface area contributed by atoms with Crippen LogP contribution in [0.25, 0.3) is 0 Å². The number of aromatic nitrogens is 2. The molecule has 2 heterocycles. The number of amides is 2. The highest BCUT2D eigenvalue weighted by atomic mass is 16.2. The van der Waals surface area contributed by atoms with E-state index in [4.69, 9.17) is 0 Å². The second-order valence-corrected chi connectivity index (χ2v) is 6.89. The lowest BCUT2D eigenvalue weighted by molar-refractivity contribution is 0.167. The Balaban J connectivity index is 1.30. The zero-order valence-corrected chi connectivity index (χ0v) is 13.9. The summed E-state index contributed by atoms with van der Waals surface area (Å²) in [5.74, 6) is 0. The number of imidazole rings is 1. The Hall–Kier alpha value is -2.30. The van der Waals surface area contributed by atoms with Crippen molar-refractivity contribution in [2.75, 3.05) is 13.1 Å². The lowest BCUT2D eigenvalue weighted by Crippen LogP contribution is -2.49. The minimum atomic E-state index is 0.100. The largest absolute Gasteiger partial charge is 0.335 e. The highest BCUT2D eigenvalue weighted by Gasteiger charge is 2.26. The fraction of sp³-hybridized carbons (Fsp3) is 0.474. The summed E-state index contributed by atoms with van der Waals surface area (Å²) in [5, 5.41) is 3.25. The predicted molar refractivity (Wildman–Crippen MR) is 92.9 cm³/mol. The van der Waals surface area contributed by atoms with Crippen LogP contribution in [0.3, 0.4) is 0 Å². The van der Waals surface area contributed by atoms with E-state index in [0.717, 1.165) is 45.2 Å². The molecule has 24 heavy (non-hydrogen) atoms. The molecule has 1 aromatic heterocycles. The van der Waals surface area contributed by atoms with Gasteiger partial charge in [-0.2, -0.15) is 0 Å². The van der Waals surface area contributed by atoms with Crippen LogP contribution in [0.2, 0.25) is 0 Å². The average Bonchev–Trinajstić information content (AvgIpc) is 3.16. The first-order valence-electron chi connectivity index (χ1n) is 8.89. The van der Waals surface area contributed by atoms with E-state index in [-0.39, 0.29) is 12.1 Å². The highest BCUT2D eigenvalue weighted by Crippen LogP contribution is 2.23. The fourth-order valence-electron chi connectivity index (χ4n) is 3.94. The second-order valence-electron chi connectivity index (χ2n) is 6.89. The van der Waals surface area contributed by atoms with Crippen LogP contribution >= 0.6 is 0 Å². The Labute approximate surface area is 142 Å². The van der Waals surface area contributed by atoms with E-state index < -0.39 is 0 Å². The van der Waals surface area contributed by atoms with Crippen LogP contribution in [0.5, 0.6) is 0 Å². The van der Waals surface area contributed by atoms with Crippen LogP contribution in [0.4, 0.5) is 4.79 Å². The Kier molecular flexibility index (Phi) is 4.24. The normalized spacial score (nSPS) is 21.3. The number of benzene rings is 1. The van der Waals surface area contributed by atoms with Crippen molar-refractivity contribution in [3.63, 3.8) is 0 Å². The summed E-state index contributed by atoms with van der Waals surface area (Å²) in [6, 6.07) is 9.41. The molecule has 0 spiro atoms. The minimum Gasteiger partial charge on any atom is -0.335 e. The summed E-state index contributed by atoms with van der Waals surface area (Å²) in [4.78, 5) is 18.7. The molecule has 2 aliphatic rings. The number of likely N-dealkylation sites (tertiary alicyclic amines) is 1. The van der Waals surface area contributed by atoms with E-state index in [1.807, 2.05) is 23.6 Å². The lowest BCUT2D eigenvalue weighted by atomic mass is 9.88. The van der Waals surface area contributed by atoms with Crippen LogP contribution < -0.4 is 5.32 Å². The molecule has 5 heteroatoms. The predicted octanol–water partition coefficient (Wildman–Crippen LogP) is 2.79. The number of rotatable bonds is 2. The zero-order chi connectivity index (χ0) is 16.4. The first-order valence-corrected chi connectivity index (χ1v) is 8.89. The van der Waals surface area contributed by atoms with Crippen molar-refractivity contribution in [3.05, 3.63) is 54.1 Å². The van der Waals surface area contributed by atoms with Gasteiger partial charge < -0.3 is 14.8 Å². The van der Waals surface area contributed by atoms with Gasteiger partial charge in [0.15, 0.2) is 0 Å². The van der Waals surface area contributed by atoms with Crippen molar-refractivity contribution in [2.45, 2.75) is 44.2 Å². The van der Waals surface area contributed by atoms with Gasteiger partial charge >= 0.3 is 6.03 Å². The molecule has 1 unspecified atom stereocenters. The van der Waals surface area contributed by atoms with Gasteiger partial charge in [0.1, 0.15) is 0 Å². The fourth-order valence-corrected chi connectivity index (χ4v) is 3.94. The molecule has 1 N–H and O–H groups in total. The van der Waals surface area contributed by atoms with Crippen LogP contribution in [0.15, 0.2) is 43.0 Å². The SMILES string of the molecule is O=C(NC1CCc2ccccc2C1)N1CCC(n2ccnc2)CC1. The Bertz CT molecular complexity index is 689. The maximum Gasteiger partial charge on any atom is 0.317 e. The maximum absolute atomic E-state index is 12.6. The second kappa shape index (κ2) is 6.67. The van der Waals surface area contributed by atoms with Gasteiger partial charge in [-0.25, -0.2) is 9.78 Å². The lowest BCUT2D eigenvalue weighted by Gasteiger charge is -2.34. The van der Waals surface area contributed by atoms with E-state index in [1.54, 1.807) is 0 Å². The summed E-state index contributed by atoms with van der Waals surface area (Å²) < 4.78 is 2.16. The molecule has 126 valence electrons. The average molecular weight is 324 g/mol. The van der Waals surface area contributed by atoms with Gasteiger partial charge in [-0.1, -0.05) is 24.3 Å². The summed E-state index contributed by atoms with van der Waals surface area (Å²) in [5.41, 5.74) is 2.82. The Morgan fingerprint density at radius 1 is 1.12 bits per heavy atom. The minimum absolute atomic E-state index is 0.100. The molecular formula is C19H24N4O. The Morgan fingerprint density at radius 2 is 1.92 bits per heavy atom. The van der Waals surface area contributed by atoms with Crippen LogP contribution in [0.1, 0.15) is 36.4 Å². The summed E-state index contributed by atoms with van der Waals surface area (Å²) in [6.07, 6.45) is 10.7. The molecule has 1 saturated heterocycles. The van der Waals surface area contributed by atoms with Gasteiger partial charge in [0.2, 0.25) is 0 Å². The first kappa shape index (κ1) is 15.2. The molecule has 1 aliphatic heterocycles. The van der Waals surface area contributed by atoms with E-state index in [9.17, 15) is 4.79 Å². The Morgan fingerprint density at radius 3 is 2.67 bits per heavy atom. The number of carbonyl (C=O) groups is 1. The molecule has 1 aliphatic carbocycles. The number of carbonyl (C=O) groups excluding carboxylic acids is 1. The van der Waals surface area contributed by atoms with Crippen molar-refractivity contribution in [3.8, 4) is 0 Å². The molecule has 0 saturated carbocycles. The molecule has 1 aromatic carbocycles. The van der Waals surface area contributed by atoms with Gasteiger partial charge in [-0.05, 0) is 43.2 Å². The molecule has 5 nitrogen and oxygen atoms in total. The molecule has 2 amide bonds. The van der Waals surface area contributed by atoms with Crippen molar-refractivity contribution >= 4 is 6.03 Å². The quantitative estimate of drug-likeness (QED) is 0.923. The topological polar surface area (TPSA) is 50.2 Å². The number of fused-ring (bicyclic) bond motifs is 1. The molecule has 1 fully saturated rings. The van der Waals surface area contributed by atoms with Crippen LogP contribution in [-0.2, 0) is 12.8 Å². The number of hydrogen-bond acceptors (Lipinski definition) is 2. The van der Waals surface area contributed by atoms with Crippen LogP contribution in [0, 0.1) is 0 Å². The van der Waals surface area contributed by atoms with Gasteiger partial charge in [0.25, 0.3) is 0 Å². The molecular weight excluding hydrogens is 300 g/mol. The van der Waals surface area contributed by atoms with Crippen molar-refractivity contribution < 1.29 is 4.79 Å². The maximum atomic E-state index is 12.6. The van der Waals surface area contributed by atoms with Crippen molar-refractivity contribution in [1.29, 1.82) is 0 Å². The van der Waals surface area contributed by atoms with E-state index in [1.165, 1.54) is 11.1 Å². The van der Waals surface area contributed by atoms with Crippen molar-refractivity contribution in [1.82, 2.24) is 19.8 Å². The van der Waals surface area contributed by atoms with Gasteiger partial charge in [0, 0.05) is 37.6 Å². The van der Waals surface area contributed by atoms with Gasteiger partial charge in [0.05, 0.1) is 6.33 Å². The van der Waals surface area contributed by atoms with Crippen molar-refractivity contribution in [2.24, 2.45) is 0 Å². The van der Waals surface area contributed by atoms with E-state index in [0.29, 0.717) is 6.04 Å². The summed E-state index contributed by atoms with van der Waals surface area (Å²) in [6.45, 7) is 1.63. The van der Waals surface area contributed by atoms with E-state index in [2.05, 4.69) is 39.1 Å². The first-order chi connectivity index (χ1) is 11.8. The third-order valence-corrected chi connectivity index (χ3v) is 5.37. The molecule has 1 atom stereocenters. The molecule has 4 rings (SSSR count). The van der Waals surface area contributed by atoms with Crippen LogP contribution in [-0.4, -0.2) is 39.6 Å². The molecule has 0 radical (unpaired) electrons. The number of aryl methyl sites for hydroxylation is 1. The molecule has 2 aromatic rings. The number of hydrogen-bond donors (Lipinski definition) is 1. The number of piperidine rings is 1. The zero-order valence-electron chi connectivity index (χ0n) is 13.9. The van der Waals surface area contributed by atoms with E-state index >= 15 is 0 Å².